The standard InChI is InChI=1S/C9H8N6O3S/c10-14-6-2-1-5(15(17)18)8(12-6)19-9-11-4-3-7(16)13-9/h1-4H,10H2,(H,12,14)(H,11,13,16). The molecule has 2 heterocycles. The summed E-state index contributed by atoms with van der Waals surface area (Å²) >= 11 is 0.871. The van der Waals surface area contributed by atoms with Crippen LogP contribution in [0.25, 0.3) is 0 Å². The Morgan fingerprint density at radius 3 is 2.84 bits per heavy atom. The van der Waals surface area contributed by atoms with Crippen LogP contribution in [0, 0.1) is 10.1 Å². The van der Waals surface area contributed by atoms with E-state index in [1.165, 1.54) is 24.4 Å². The van der Waals surface area contributed by atoms with E-state index in [-0.39, 0.29) is 27.2 Å². The number of nitrogen functional groups attached to an aromatic ring is 1. The molecule has 98 valence electrons. The summed E-state index contributed by atoms with van der Waals surface area (Å²) in [6.07, 6.45) is 1.30. The van der Waals surface area contributed by atoms with Gasteiger partial charge in [0, 0.05) is 18.3 Å². The third-order valence-electron chi connectivity index (χ3n) is 2.03. The molecule has 2 aromatic rings. The Kier molecular flexibility index (Phi) is 3.73. The van der Waals surface area contributed by atoms with E-state index < -0.39 is 4.92 Å². The van der Waals surface area contributed by atoms with Crippen molar-refractivity contribution in [3.8, 4) is 0 Å². The monoisotopic (exact) mass is 280 g/mol. The number of nitrogens with zero attached hydrogens (tertiary/aromatic N) is 3. The lowest BCUT2D eigenvalue weighted by molar-refractivity contribution is -0.388. The van der Waals surface area contributed by atoms with Gasteiger partial charge < -0.3 is 10.4 Å². The zero-order valence-corrected chi connectivity index (χ0v) is 10.2. The van der Waals surface area contributed by atoms with Crippen molar-refractivity contribution in [3.63, 3.8) is 0 Å². The van der Waals surface area contributed by atoms with E-state index in [9.17, 15) is 14.9 Å². The molecule has 0 bridgehead atoms. The molecule has 0 spiro atoms. The second kappa shape index (κ2) is 5.46. The predicted molar refractivity (Wildman–Crippen MR) is 67.7 cm³/mol. The molecule has 0 fully saturated rings. The highest BCUT2D eigenvalue weighted by Crippen LogP contribution is 2.31. The molecule has 4 N–H and O–H groups in total. The number of pyridine rings is 1. The third-order valence-corrected chi connectivity index (χ3v) is 2.92. The second-order valence-electron chi connectivity index (χ2n) is 3.26. The summed E-state index contributed by atoms with van der Waals surface area (Å²) in [4.78, 5) is 31.7. The first-order valence-corrected chi connectivity index (χ1v) is 5.77. The van der Waals surface area contributed by atoms with Crippen molar-refractivity contribution in [2.75, 3.05) is 5.43 Å². The van der Waals surface area contributed by atoms with Crippen LogP contribution in [0.15, 0.2) is 39.4 Å². The van der Waals surface area contributed by atoms with Gasteiger partial charge in [0.1, 0.15) is 5.82 Å². The second-order valence-corrected chi connectivity index (χ2v) is 4.24. The van der Waals surface area contributed by atoms with Crippen LogP contribution >= 0.6 is 11.8 Å². The SMILES string of the molecule is NNc1ccc([N+](=O)[O-])c(Sc2nccc(=O)[nH]2)n1. The molecule has 0 unspecified atom stereocenters. The van der Waals surface area contributed by atoms with Gasteiger partial charge in [-0.2, -0.15) is 0 Å². The first-order valence-electron chi connectivity index (χ1n) is 4.95. The molecule has 0 saturated carbocycles. The van der Waals surface area contributed by atoms with Gasteiger partial charge in [-0.05, 0) is 17.8 Å². The highest BCUT2D eigenvalue weighted by molar-refractivity contribution is 7.99. The summed E-state index contributed by atoms with van der Waals surface area (Å²) in [7, 11) is 0. The highest BCUT2D eigenvalue weighted by Gasteiger charge is 2.18. The summed E-state index contributed by atoms with van der Waals surface area (Å²) in [5.41, 5.74) is 1.74. The number of aromatic nitrogens is 3. The maximum Gasteiger partial charge on any atom is 0.301 e. The Morgan fingerprint density at radius 1 is 1.42 bits per heavy atom. The van der Waals surface area contributed by atoms with Crippen molar-refractivity contribution in [1.29, 1.82) is 0 Å². The summed E-state index contributed by atoms with van der Waals surface area (Å²) in [6, 6.07) is 3.89. The molecular formula is C9H8N6O3S. The Labute approximate surface area is 110 Å². The molecule has 10 heteroatoms. The fourth-order valence-electron chi connectivity index (χ4n) is 1.22. The number of nitrogens with one attached hydrogen (secondary N) is 2. The largest absolute Gasteiger partial charge is 0.308 e. The summed E-state index contributed by atoms with van der Waals surface area (Å²) in [5.74, 6) is 5.47. The fourth-order valence-corrected chi connectivity index (χ4v) is 2.06. The zero-order valence-electron chi connectivity index (χ0n) is 9.36. The summed E-state index contributed by atoms with van der Waals surface area (Å²) in [6.45, 7) is 0. The molecule has 19 heavy (non-hydrogen) atoms. The van der Waals surface area contributed by atoms with Crippen molar-refractivity contribution in [1.82, 2.24) is 15.0 Å². The quantitative estimate of drug-likeness (QED) is 0.318. The van der Waals surface area contributed by atoms with Crippen LogP contribution in [-0.4, -0.2) is 19.9 Å². The van der Waals surface area contributed by atoms with Crippen molar-refractivity contribution >= 4 is 23.3 Å². The first-order chi connectivity index (χ1) is 9.10. The minimum absolute atomic E-state index is 0.0785. The molecule has 0 aliphatic rings. The molecule has 0 radical (unpaired) electrons. The summed E-state index contributed by atoms with van der Waals surface area (Å²) in [5, 5.41) is 11.2. The third kappa shape index (κ3) is 3.05. The van der Waals surface area contributed by atoms with Crippen LogP contribution in [-0.2, 0) is 0 Å². The van der Waals surface area contributed by atoms with Gasteiger partial charge in [0.25, 0.3) is 5.56 Å². The van der Waals surface area contributed by atoms with Crippen LogP contribution in [0.2, 0.25) is 0 Å². The fraction of sp³-hybridized carbons (Fsp3) is 0. The molecule has 0 atom stereocenters. The average Bonchev–Trinajstić information content (AvgIpc) is 2.38. The molecular weight excluding hydrogens is 272 g/mol. The smallest absolute Gasteiger partial charge is 0.301 e. The van der Waals surface area contributed by atoms with Crippen molar-refractivity contribution in [3.05, 3.63) is 44.9 Å². The zero-order chi connectivity index (χ0) is 13.8. The topological polar surface area (TPSA) is 140 Å². The van der Waals surface area contributed by atoms with Crippen LogP contribution < -0.4 is 16.8 Å². The van der Waals surface area contributed by atoms with Gasteiger partial charge >= 0.3 is 5.69 Å². The van der Waals surface area contributed by atoms with Crippen LogP contribution in [0.5, 0.6) is 0 Å². The molecule has 0 saturated heterocycles. The van der Waals surface area contributed by atoms with Crippen LogP contribution in [0.1, 0.15) is 0 Å². The number of hydrogen-bond donors (Lipinski definition) is 3. The molecule has 0 aliphatic carbocycles. The van der Waals surface area contributed by atoms with Gasteiger partial charge in [0.05, 0.1) is 4.92 Å². The van der Waals surface area contributed by atoms with E-state index in [2.05, 4.69) is 20.4 Å². The number of rotatable bonds is 4. The van der Waals surface area contributed by atoms with E-state index in [0.717, 1.165) is 11.8 Å². The number of aromatic amines is 1. The van der Waals surface area contributed by atoms with Crippen molar-refractivity contribution in [2.45, 2.75) is 10.2 Å². The number of H-pyrrole nitrogens is 1. The Morgan fingerprint density at radius 2 is 2.21 bits per heavy atom. The molecule has 0 aliphatic heterocycles. The lowest BCUT2D eigenvalue weighted by atomic mass is 10.4. The highest BCUT2D eigenvalue weighted by atomic mass is 32.2. The lowest BCUT2D eigenvalue weighted by Gasteiger charge is -2.03. The molecule has 0 aromatic carbocycles. The normalized spacial score (nSPS) is 10.2. The number of hydrazine groups is 1. The van der Waals surface area contributed by atoms with Gasteiger partial charge in [-0.15, -0.1) is 0 Å². The average molecular weight is 280 g/mol. The maximum absolute atomic E-state index is 11.1. The van der Waals surface area contributed by atoms with Crippen molar-refractivity contribution in [2.24, 2.45) is 5.84 Å². The van der Waals surface area contributed by atoms with E-state index in [4.69, 9.17) is 5.84 Å². The lowest BCUT2D eigenvalue weighted by Crippen LogP contribution is -2.09. The minimum atomic E-state index is -0.573. The molecule has 0 amide bonds. The van der Waals surface area contributed by atoms with E-state index >= 15 is 0 Å². The Balaban J connectivity index is 2.42. The van der Waals surface area contributed by atoms with Gasteiger partial charge in [-0.3, -0.25) is 14.9 Å². The molecule has 9 nitrogen and oxygen atoms in total. The number of nitrogens with two attached hydrogens (primary N) is 1. The Bertz CT molecular complexity index is 673. The van der Waals surface area contributed by atoms with Crippen LogP contribution in [0.3, 0.4) is 0 Å². The summed E-state index contributed by atoms with van der Waals surface area (Å²) < 4.78 is 0. The molecule has 2 rings (SSSR count). The van der Waals surface area contributed by atoms with E-state index in [0.29, 0.717) is 0 Å². The van der Waals surface area contributed by atoms with E-state index in [1.54, 1.807) is 0 Å². The number of anilines is 1. The van der Waals surface area contributed by atoms with Gasteiger partial charge in [-0.25, -0.2) is 15.8 Å². The minimum Gasteiger partial charge on any atom is -0.308 e. The van der Waals surface area contributed by atoms with Gasteiger partial charge in [0.2, 0.25) is 0 Å². The number of hydrogen-bond acceptors (Lipinski definition) is 8. The first kappa shape index (κ1) is 13.0. The molecule has 2 aromatic heterocycles. The Hall–Kier alpha value is -2.46. The number of nitro groups is 1. The van der Waals surface area contributed by atoms with Crippen molar-refractivity contribution < 1.29 is 4.92 Å². The van der Waals surface area contributed by atoms with Gasteiger partial charge in [0.15, 0.2) is 10.2 Å². The van der Waals surface area contributed by atoms with E-state index in [1.807, 2.05) is 0 Å². The van der Waals surface area contributed by atoms with Crippen LogP contribution in [0.4, 0.5) is 11.5 Å². The van der Waals surface area contributed by atoms with Gasteiger partial charge in [-0.1, -0.05) is 0 Å². The predicted octanol–water partition coefficient (Wildman–Crippen LogP) is 0.510. The maximum atomic E-state index is 11.1.